The van der Waals surface area contributed by atoms with Crippen LogP contribution in [0.1, 0.15) is 16.8 Å². The first kappa shape index (κ1) is 12.8. The van der Waals surface area contributed by atoms with Crippen molar-refractivity contribution in [2.45, 2.75) is 12.5 Å². The van der Waals surface area contributed by atoms with Gasteiger partial charge in [0.1, 0.15) is 5.56 Å². The number of rotatable bonds is 3. The van der Waals surface area contributed by atoms with Crippen molar-refractivity contribution >= 4 is 23.2 Å². The van der Waals surface area contributed by atoms with Gasteiger partial charge in [-0.15, -0.1) is 0 Å². The molecule has 1 amide bonds. The quantitative estimate of drug-likeness (QED) is 0.641. The van der Waals surface area contributed by atoms with Crippen LogP contribution >= 0.6 is 11.6 Å². The van der Waals surface area contributed by atoms with Crippen molar-refractivity contribution in [2.24, 2.45) is 0 Å². The van der Waals surface area contributed by atoms with E-state index in [-0.39, 0.29) is 22.3 Å². The number of carbonyl (C=O) groups is 1. The number of nitrogens with zero attached hydrogens (tertiary/aromatic N) is 1. The number of nitro benzene ring substituents is 1. The maximum Gasteiger partial charge on any atom is 0.283 e. The summed E-state index contributed by atoms with van der Waals surface area (Å²) in [6, 6.07) is 4.05. The molecule has 6 nitrogen and oxygen atoms in total. The van der Waals surface area contributed by atoms with E-state index < -0.39 is 10.8 Å². The fraction of sp³-hybridized carbons (Fsp3) is 0.364. The Morgan fingerprint density at radius 3 is 2.94 bits per heavy atom. The van der Waals surface area contributed by atoms with Gasteiger partial charge in [0.25, 0.3) is 11.6 Å². The molecule has 0 saturated carbocycles. The molecule has 1 saturated heterocycles. The third kappa shape index (κ3) is 2.77. The fourth-order valence-electron chi connectivity index (χ4n) is 1.89. The van der Waals surface area contributed by atoms with Crippen molar-refractivity contribution in [3.63, 3.8) is 0 Å². The molecule has 1 aromatic carbocycles. The van der Waals surface area contributed by atoms with Crippen molar-refractivity contribution in [3.8, 4) is 0 Å². The minimum absolute atomic E-state index is 0.0211. The van der Waals surface area contributed by atoms with E-state index in [1.165, 1.54) is 18.2 Å². The molecule has 0 unspecified atom stereocenters. The van der Waals surface area contributed by atoms with Crippen LogP contribution in [-0.2, 0) is 0 Å². The van der Waals surface area contributed by atoms with Crippen LogP contribution in [0.4, 0.5) is 5.69 Å². The van der Waals surface area contributed by atoms with Crippen LogP contribution in [0.5, 0.6) is 0 Å². The predicted molar refractivity (Wildman–Crippen MR) is 66.8 cm³/mol. The van der Waals surface area contributed by atoms with Crippen LogP contribution in [-0.4, -0.2) is 30.0 Å². The Kier molecular flexibility index (Phi) is 3.78. The van der Waals surface area contributed by atoms with Gasteiger partial charge in [0, 0.05) is 23.7 Å². The van der Waals surface area contributed by atoms with Crippen LogP contribution in [0.3, 0.4) is 0 Å². The van der Waals surface area contributed by atoms with E-state index >= 15 is 0 Å². The van der Waals surface area contributed by atoms with Crippen molar-refractivity contribution in [2.75, 3.05) is 13.1 Å². The van der Waals surface area contributed by atoms with Gasteiger partial charge in [-0.3, -0.25) is 14.9 Å². The molecule has 1 heterocycles. The summed E-state index contributed by atoms with van der Waals surface area (Å²) in [5.41, 5.74) is -0.234. The number of nitro groups is 1. The zero-order chi connectivity index (χ0) is 13.1. The van der Waals surface area contributed by atoms with Gasteiger partial charge < -0.3 is 10.6 Å². The Hall–Kier alpha value is -1.66. The Morgan fingerprint density at radius 1 is 1.56 bits per heavy atom. The number of nitrogens with one attached hydrogen (secondary N) is 2. The van der Waals surface area contributed by atoms with E-state index in [9.17, 15) is 14.9 Å². The zero-order valence-corrected chi connectivity index (χ0v) is 10.2. The molecule has 1 aromatic rings. The van der Waals surface area contributed by atoms with Gasteiger partial charge in [0.15, 0.2) is 0 Å². The summed E-state index contributed by atoms with van der Waals surface area (Å²) in [5, 5.41) is 17.0. The van der Waals surface area contributed by atoms with E-state index in [1.54, 1.807) is 0 Å². The molecule has 1 aliphatic heterocycles. The molecule has 0 aromatic heterocycles. The molecular formula is C11H12ClN3O3. The van der Waals surface area contributed by atoms with Crippen LogP contribution in [0.25, 0.3) is 0 Å². The summed E-state index contributed by atoms with van der Waals surface area (Å²) in [7, 11) is 0. The lowest BCUT2D eigenvalue weighted by Gasteiger charge is -2.11. The second-order valence-electron chi connectivity index (χ2n) is 4.08. The maximum absolute atomic E-state index is 12.0. The van der Waals surface area contributed by atoms with E-state index in [1.807, 2.05) is 0 Å². The molecule has 0 bridgehead atoms. The van der Waals surface area contributed by atoms with Gasteiger partial charge in [-0.2, -0.15) is 0 Å². The predicted octanol–water partition coefficient (Wildman–Crippen LogP) is 1.34. The van der Waals surface area contributed by atoms with E-state index in [0.717, 1.165) is 13.0 Å². The average molecular weight is 270 g/mol. The molecular weight excluding hydrogens is 258 g/mol. The van der Waals surface area contributed by atoms with Crippen molar-refractivity contribution < 1.29 is 9.72 Å². The topological polar surface area (TPSA) is 84.3 Å². The number of halogens is 1. The lowest BCUT2D eigenvalue weighted by molar-refractivity contribution is -0.385. The standard InChI is InChI=1S/C11H12ClN3O3/c12-7-1-2-9(10(5-7)15(17)18)11(16)14-8-3-4-13-6-8/h1-2,5,8,13H,3-4,6H2,(H,14,16)/t8-/m0/s1. The highest BCUT2D eigenvalue weighted by atomic mass is 35.5. The molecule has 7 heteroatoms. The maximum atomic E-state index is 12.0. The Bertz CT molecular complexity index is 486. The number of carbonyl (C=O) groups excluding carboxylic acids is 1. The van der Waals surface area contributed by atoms with Gasteiger partial charge in [-0.25, -0.2) is 0 Å². The molecule has 96 valence electrons. The SMILES string of the molecule is O=C(N[C@H]1CCNC1)c1ccc(Cl)cc1[N+](=O)[O-]. The van der Waals surface area contributed by atoms with Crippen molar-refractivity contribution in [3.05, 3.63) is 38.9 Å². The summed E-state index contributed by atoms with van der Waals surface area (Å²) in [4.78, 5) is 22.2. The normalized spacial score (nSPS) is 18.6. The molecule has 1 fully saturated rings. The third-order valence-electron chi connectivity index (χ3n) is 2.80. The molecule has 0 radical (unpaired) electrons. The molecule has 1 atom stereocenters. The van der Waals surface area contributed by atoms with E-state index in [2.05, 4.69) is 10.6 Å². The zero-order valence-electron chi connectivity index (χ0n) is 9.48. The highest BCUT2D eigenvalue weighted by Crippen LogP contribution is 2.23. The summed E-state index contributed by atoms with van der Waals surface area (Å²) in [6.45, 7) is 1.53. The highest BCUT2D eigenvalue weighted by molar-refractivity contribution is 6.31. The number of hydrogen-bond acceptors (Lipinski definition) is 4. The van der Waals surface area contributed by atoms with E-state index in [4.69, 9.17) is 11.6 Å². The van der Waals surface area contributed by atoms with Crippen LogP contribution < -0.4 is 10.6 Å². The Morgan fingerprint density at radius 2 is 2.33 bits per heavy atom. The minimum atomic E-state index is -0.603. The first-order valence-electron chi connectivity index (χ1n) is 5.53. The van der Waals surface area contributed by atoms with Gasteiger partial charge >= 0.3 is 0 Å². The lowest BCUT2D eigenvalue weighted by atomic mass is 10.1. The van der Waals surface area contributed by atoms with Crippen molar-refractivity contribution in [1.29, 1.82) is 0 Å². The van der Waals surface area contributed by atoms with Gasteiger partial charge in [0.2, 0.25) is 0 Å². The number of benzene rings is 1. The highest BCUT2D eigenvalue weighted by Gasteiger charge is 2.23. The first-order chi connectivity index (χ1) is 8.58. The second kappa shape index (κ2) is 5.32. The third-order valence-corrected chi connectivity index (χ3v) is 3.03. The fourth-order valence-corrected chi connectivity index (χ4v) is 2.06. The van der Waals surface area contributed by atoms with E-state index in [0.29, 0.717) is 6.54 Å². The lowest BCUT2D eigenvalue weighted by Crippen LogP contribution is -2.36. The number of hydrogen-bond donors (Lipinski definition) is 2. The molecule has 2 N–H and O–H groups in total. The molecule has 1 aliphatic rings. The monoisotopic (exact) mass is 269 g/mol. The second-order valence-corrected chi connectivity index (χ2v) is 4.52. The Labute approximate surface area is 108 Å². The molecule has 18 heavy (non-hydrogen) atoms. The molecule has 0 aliphatic carbocycles. The summed E-state index contributed by atoms with van der Waals surface area (Å²) in [5.74, 6) is -0.438. The van der Waals surface area contributed by atoms with Crippen LogP contribution in [0.2, 0.25) is 5.02 Å². The summed E-state index contributed by atoms with van der Waals surface area (Å²) in [6.07, 6.45) is 0.827. The minimum Gasteiger partial charge on any atom is -0.348 e. The average Bonchev–Trinajstić information content (AvgIpc) is 2.81. The molecule has 2 rings (SSSR count). The van der Waals surface area contributed by atoms with Gasteiger partial charge in [-0.05, 0) is 25.1 Å². The first-order valence-corrected chi connectivity index (χ1v) is 5.91. The largest absolute Gasteiger partial charge is 0.348 e. The van der Waals surface area contributed by atoms with Crippen molar-refractivity contribution in [1.82, 2.24) is 10.6 Å². The Balaban J connectivity index is 2.20. The van der Waals surface area contributed by atoms with Crippen LogP contribution in [0, 0.1) is 10.1 Å². The summed E-state index contributed by atoms with van der Waals surface area (Å²) < 4.78 is 0. The summed E-state index contributed by atoms with van der Waals surface area (Å²) >= 11 is 5.69. The number of amides is 1. The van der Waals surface area contributed by atoms with Crippen LogP contribution in [0.15, 0.2) is 18.2 Å². The van der Waals surface area contributed by atoms with Gasteiger partial charge in [0.05, 0.1) is 4.92 Å². The smallest absolute Gasteiger partial charge is 0.283 e. The van der Waals surface area contributed by atoms with Gasteiger partial charge in [-0.1, -0.05) is 11.6 Å². The molecule has 0 spiro atoms.